The molecule has 0 unspecified atom stereocenters. The van der Waals surface area contributed by atoms with Crippen molar-refractivity contribution in [2.75, 3.05) is 5.32 Å². The summed E-state index contributed by atoms with van der Waals surface area (Å²) in [5, 5.41) is 15.4. The van der Waals surface area contributed by atoms with Gasteiger partial charge < -0.3 is 5.32 Å². The minimum absolute atomic E-state index is 0.0425. The molecule has 1 aliphatic rings. The zero-order valence-electron chi connectivity index (χ0n) is 14.0. The number of halogens is 1. The highest BCUT2D eigenvalue weighted by Crippen LogP contribution is 2.32. The molecule has 2 heterocycles. The molecule has 1 atom stereocenters. The van der Waals surface area contributed by atoms with Crippen molar-refractivity contribution in [3.05, 3.63) is 75.8 Å². The number of aromatic nitrogens is 4. The van der Waals surface area contributed by atoms with Crippen LogP contribution in [0.2, 0.25) is 0 Å². The molecule has 0 saturated carbocycles. The van der Waals surface area contributed by atoms with E-state index < -0.39 is 0 Å². The summed E-state index contributed by atoms with van der Waals surface area (Å²) in [6.45, 7) is 4.40. The maximum Gasteiger partial charge on any atom is 0.248 e. The second-order valence-electron chi connectivity index (χ2n) is 6.43. The van der Waals surface area contributed by atoms with Crippen LogP contribution < -0.4 is 5.32 Å². The molecule has 6 heteroatoms. The molecule has 1 N–H and O–H groups in total. The molecule has 0 amide bonds. The number of nitrogens with one attached hydrogen (secondary N) is 1. The Morgan fingerprint density at radius 3 is 2.44 bits per heavy atom. The van der Waals surface area contributed by atoms with Crippen molar-refractivity contribution >= 4 is 27.6 Å². The summed E-state index contributed by atoms with van der Waals surface area (Å²) in [6.07, 6.45) is 2.16. The first-order valence-corrected chi connectivity index (χ1v) is 9.03. The fourth-order valence-corrected chi connectivity index (χ4v) is 3.23. The van der Waals surface area contributed by atoms with Gasteiger partial charge >= 0.3 is 0 Å². The average Bonchev–Trinajstić information content (AvgIpc) is 3.10. The lowest BCUT2D eigenvalue weighted by atomic mass is 9.98. The highest BCUT2D eigenvalue weighted by Gasteiger charge is 2.24. The third-order valence-electron chi connectivity index (χ3n) is 4.43. The van der Waals surface area contributed by atoms with E-state index in [4.69, 9.17) is 0 Å². The predicted molar refractivity (Wildman–Crippen MR) is 102 cm³/mol. The normalized spacial score (nSPS) is 16.3. The number of hydrogen-bond acceptors (Lipinski definition) is 4. The Labute approximate surface area is 154 Å². The molecular formula is C19H18BrN5. The van der Waals surface area contributed by atoms with Gasteiger partial charge in [0.15, 0.2) is 0 Å². The topological polar surface area (TPSA) is 55.6 Å². The van der Waals surface area contributed by atoms with Gasteiger partial charge in [0.05, 0.1) is 0 Å². The second-order valence-corrected chi connectivity index (χ2v) is 7.34. The smallest absolute Gasteiger partial charge is 0.248 e. The SMILES string of the molecule is CC(C)c1ccc(C2=C[C@H](c3ccc(Br)cc3)n3nnnc3N2)cc1. The summed E-state index contributed by atoms with van der Waals surface area (Å²) in [5.41, 5.74) is 4.61. The van der Waals surface area contributed by atoms with Crippen LogP contribution in [0.5, 0.6) is 0 Å². The van der Waals surface area contributed by atoms with Crippen LogP contribution in [-0.2, 0) is 0 Å². The molecule has 3 aromatic rings. The Hall–Kier alpha value is -2.47. The third-order valence-corrected chi connectivity index (χ3v) is 4.96. The summed E-state index contributed by atoms with van der Waals surface area (Å²) in [5.74, 6) is 1.17. The van der Waals surface area contributed by atoms with Gasteiger partial charge in [-0.15, -0.1) is 0 Å². The molecule has 2 aromatic carbocycles. The quantitative estimate of drug-likeness (QED) is 0.702. The summed E-state index contributed by atoms with van der Waals surface area (Å²) in [6, 6.07) is 16.8. The van der Waals surface area contributed by atoms with Crippen LogP contribution in [0.3, 0.4) is 0 Å². The Morgan fingerprint density at radius 2 is 1.76 bits per heavy atom. The van der Waals surface area contributed by atoms with Gasteiger partial charge in [-0.2, -0.15) is 4.68 Å². The third kappa shape index (κ3) is 3.09. The number of tetrazole rings is 1. The van der Waals surface area contributed by atoms with Gasteiger partial charge in [0.25, 0.3) is 0 Å². The van der Waals surface area contributed by atoms with Gasteiger partial charge in [0, 0.05) is 10.2 Å². The fraction of sp³-hybridized carbons (Fsp3) is 0.211. The standard InChI is InChI=1S/C19H18BrN5/c1-12(2)13-3-5-14(6-4-13)17-11-18(15-7-9-16(20)10-8-15)25-19(21-17)22-23-24-25/h3-12,18H,1-2H3,(H,21,22,24)/t18-/m1/s1. The van der Waals surface area contributed by atoms with E-state index in [-0.39, 0.29) is 6.04 Å². The van der Waals surface area contributed by atoms with E-state index in [1.807, 2.05) is 12.1 Å². The molecule has 4 rings (SSSR count). The van der Waals surface area contributed by atoms with Crippen molar-refractivity contribution in [3.63, 3.8) is 0 Å². The van der Waals surface area contributed by atoms with Gasteiger partial charge in [-0.25, -0.2) is 0 Å². The Kier molecular flexibility index (Phi) is 4.13. The molecule has 5 nitrogen and oxygen atoms in total. The molecule has 126 valence electrons. The Balaban J connectivity index is 1.74. The van der Waals surface area contributed by atoms with Gasteiger partial charge in [0.2, 0.25) is 5.95 Å². The van der Waals surface area contributed by atoms with Crippen LogP contribution in [0.15, 0.2) is 59.1 Å². The van der Waals surface area contributed by atoms with E-state index >= 15 is 0 Å². The first kappa shape index (κ1) is 16.0. The first-order valence-electron chi connectivity index (χ1n) is 8.24. The molecule has 0 bridgehead atoms. The van der Waals surface area contributed by atoms with E-state index in [1.165, 1.54) is 5.56 Å². The number of anilines is 1. The molecular weight excluding hydrogens is 378 g/mol. The lowest BCUT2D eigenvalue weighted by Crippen LogP contribution is -2.20. The average molecular weight is 396 g/mol. The van der Waals surface area contributed by atoms with Crippen LogP contribution in [-0.4, -0.2) is 20.2 Å². The van der Waals surface area contributed by atoms with Crippen molar-refractivity contribution in [1.29, 1.82) is 0 Å². The monoisotopic (exact) mass is 395 g/mol. The zero-order chi connectivity index (χ0) is 17.4. The molecule has 1 aromatic heterocycles. The first-order chi connectivity index (χ1) is 12.1. The zero-order valence-corrected chi connectivity index (χ0v) is 15.6. The molecule has 25 heavy (non-hydrogen) atoms. The summed E-state index contributed by atoms with van der Waals surface area (Å²) in [4.78, 5) is 0. The van der Waals surface area contributed by atoms with Crippen LogP contribution in [0.25, 0.3) is 5.70 Å². The second kappa shape index (κ2) is 6.44. The Bertz CT molecular complexity index is 910. The minimum atomic E-state index is -0.0425. The maximum atomic E-state index is 4.14. The van der Waals surface area contributed by atoms with E-state index in [0.29, 0.717) is 11.9 Å². The van der Waals surface area contributed by atoms with E-state index in [2.05, 4.69) is 93.1 Å². The number of rotatable bonds is 3. The van der Waals surface area contributed by atoms with E-state index in [9.17, 15) is 0 Å². The molecule has 0 saturated heterocycles. The lowest BCUT2D eigenvalue weighted by Gasteiger charge is -2.23. The highest BCUT2D eigenvalue weighted by molar-refractivity contribution is 9.10. The number of benzene rings is 2. The predicted octanol–water partition coefficient (Wildman–Crippen LogP) is 4.62. The molecule has 0 radical (unpaired) electrons. The fourth-order valence-electron chi connectivity index (χ4n) is 2.97. The van der Waals surface area contributed by atoms with Gasteiger partial charge in [-0.3, -0.25) is 0 Å². The van der Waals surface area contributed by atoms with Crippen LogP contribution in [0.1, 0.15) is 42.5 Å². The van der Waals surface area contributed by atoms with Gasteiger partial charge in [-0.1, -0.05) is 71.3 Å². The number of allylic oxidation sites excluding steroid dienone is 1. The number of fused-ring (bicyclic) bond motifs is 1. The minimum Gasteiger partial charge on any atom is -0.323 e. The lowest BCUT2D eigenvalue weighted by molar-refractivity contribution is 0.586. The molecule has 0 fully saturated rings. The van der Waals surface area contributed by atoms with E-state index in [1.54, 1.807) is 4.68 Å². The van der Waals surface area contributed by atoms with E-state index in [0.717, 1.165) is 21.3 Å². The maximum absolute atomic E-state index is 4.14. The van der Waals surface area contributed by atoms with Crippen LogP contribution in [0, 0.1) is 0 Å². The largest absolute Gasteiger partial charge is 0.323 e. The van der Waals surface area contributed by atoms with Crippen molar-refractivity contribution in [2.45, 2.75) is 25.8 Å². The highest BCUT2D eigenvalue weighted by atomic mass is 79.9. The molecule has 0 aliphatic carbocycles. The van der Waals surface area contributed by atoms with Crippen molar-refractivity contribution in [1.82, 2.24) is 20.2 Å². The number of nitrogens with zero attached hydrogens (tertiary/aromatic N) is 4. The Morgan fingerprint density at radius 1 is 1.04 bits per heavy atom. The van der Waals surface area contributed by atoms with Crippen molar-refractivity contribution < 1.29 is 0 Å². The number of hydrogen-bond donors (Lipinski definition) is 1. The molecule has 0 spiro atoms. The molecule has 1 aliphatic heterocycles. The van der Waals surface area contributed by atoms with Crippen molar-refractivity contribution in [3.8, 4) is 0 Å². The summed E-state index contributed by atoms with van der Waals surface area (Å²) >= 11 is 3.49. The summed E-state index contributed by atoms with van der Waals surface area (Å²) in [7, 11) is 0. The van der Waals surface area contributed by atoms with Crippen molar-refractivity contribution in [2.24, 2.45) is 0 Å². The van der Waals surface area contributed by atoms with Crippen LogP contribution >= 0.6 is 15.9 Å². The van der Waals surface area contributed by atoms with Crippen LogP contribution in [0.4, 0.5) is 5.95 Å². The van der Waals surface area contributed by atoms with Gasteiger partial charge in [0.1, 0.15) is 6.04 Å². The summed E-state index contributed by atoms with van der Waals surface area (Å²) < 4.78 is 2.85. The van der Waals surface area contributed by atoms with Gasteiger partial charge in [-0.05, 0) is 51.2 Å².